The van der Waals surface area contributed by atoms with Gasteiger partial charge in [0.1, 0.15) is 18.4 Å². The Morgan fingerprint density at radius 1 is 1.14 bits per heavy atom. The van der Waals surface area contributed by atoms with Crippen molar-refractivity contribution in [2.75, 3.05) is 46.1 Å². The smallest absolute Gasteiger partial charge is 0.230 e. The number of aryl methyl sites for hydroxylation is 1. The van der Waals surface area contributed by atoms with Crippen molar-refractivity contribution in [3.63, 3.8) is 0 Å². The molecule has 0 spiro atoms. The number of hydrogen-bond donors (Lipinski definition) is 4. The minimum absolute atomic E-state index is 0.146. The number of aromatic nitrogens is 2. The van der Waals surface area contributed by atoms with Crippen LogP contribution in [0.4, 0.5) is 5.69 Å². The Bertz CT molecular complexity index is 1240. The van der Waals surface area contributed by atoms with Crippen LogP contribution in [0, 0.1) is 6.92 Å². The van der Waals surface area contributed by atoms with Crippen LogP contribution < -0.4 is 16.0 Å². The molecule has 2 heterocycles. The molecule has 4 rings (SSSR count). The van der Waals surface area contributed by atoms with Crippen molar-refractivity contribution >= 4 is 29.0 Å². The van der Waals surface area contributed by atoms with Crippen molar-refractivity contribution in [2.45, 2.75) is 66.2 Å². The number of hydrogen-bond acceptors (Lipinski definition) is 10. The molecule has 0 atom stereocenters. The minimum Gasteiger partial charge on any atom is -0.508 e. The second kappa shape index (κ2) is 22.0. The number of allylic oxidation sites excluding steroid dienone is 1. The van der Waals surface area contributed by atoms with Gasteiger partial charge in [0, 0.05) is 38.8 Å². The zero-order chi connectivity index (χ0) is 32.0. The molecule has 1 fully saturated rings. The van der Waals surface area contributed by atoms with E-state index in [1.807, 2.05) is 39.0 Å². The Kier molecular flexibility index (Phi) is 19.2. The van der Waals surface area contributed by atoms with Crippen molar-refractivity contribution in [1.82, 2.24) is 20.3 Å². The van der Waals surface area contributed by atoms with Crippen LogP contribution in [0.3, 0.4) is 0 Å². The van der Waals surface area contributed by atoms with Crippen molar-refractivity contribution in [1.29, 1.82) is 0 Å². The quantitative estimate of drug-likeness (QED) is 0.0881. The molecule has 10 heteroatoms. The molecule has 43 heavy (non-hydrogen) atoms. The number of nitrogen functional groups attached to an aromatic ring is 1. The van der Waals surface area contributed by atoms with Crippen molar-refractivity contribution < 1.29 is 24.6 Å². The van der Waals surface area contributed by atoms with Gasteiger partial charge in [0.25, 0.3) is 0 Å². The van der Waals surface area contributed by atoms with Gasteiger partial charge in [-0.05, 0) is 96.3 Å². The van der Waals surface area contributed by atoms with E-state index in [2.05, 4.69) is 21.8 Å². The lowest BCUT2D eigenvalue weighted by atomic mass is 10.0. The monoisotopic (exact) mass is 597 g/mol. The maximum absolute atomic E-state index is 9.73. The van der Waals surface area contributed by atoms with E-state index in [-0.39, 0.29) is 5.75 Å². The molecule has 0 amide bonds. The Labute approximate surface area is 256 Å². The number of benzene rings is 2. The molecule has 0 saturated carbocycles. The van der Waals surface area contributed by atoms with Crippen LogP contribution in [0.2, 0.25) is 0 Å². The highest BCUT2D eigenvalue weighted by Gasteiger charge is 2.12. The van der Waals surface area contributed by atoms with Crippen LogP contribution in [0.5, 0.6) is 17.4 Å². The van der Waals surface area contributed by atoms with E-state index in [1.54, 1.807) is 30.8 Å². The maximum Gasteiger partial charge on any atom is 0.230 e. The Hall–Kier alpha value is -3.57. The van der Waals surface area contributed by atoms with Crippen molar-refractivity contribution in [3.8, 4) is 17.4 Å². The third-order valence-corrected chi connectivity index (χ3v) is 6.35. The van der Waals surface area contributed by atoms with Gasteiger partial charge in [-0.1, -0.05) is 24.6 Å². The van der Waals surface area contributed by atoms with E-state index in [9.17, 15) is 9.90 Å². The number of phenolic OH excluding ortho intramolecular Hbond substituents is 1. The molecule has 1 aromatic heterocycles. The number of aromatic hydroxyl groups is 1. The van der Waals surface area contributed by atoms with Crippen LogP contribution in [0.1, 0.15) is 70.4 Å². The van der Waals surface area contributed by atoms with Gasteiger partial charge in [-0.25, -0.2) is 15.4 Å². The van der Waals surface area contributed by atoms with E-state index in [0.29, 0.717) is 34.6 Å². The largest absolute Gasteiger partial charge is 0.508 e. The van der Waals surface area contributed by atoms with Crippen LogP contribution in [-0.2, 0) is 9.53 Å². The summed E-state index contributed by atoms with van der Waals surface area (Å²) in [7, 11) is 3.10. The highest BCUT2D eigenvalue weighted by atomic mass is 16.5. The first-order chi connectivity index (χ1) is 20.7. The number of unbranched alkanes of at least 4 members (excludes halogenated alkanes) is 2. The molecule has 3 aromatic rings. The molecular formula is C33H51N5O5. The van der Waals surface area contributed by atoms with Crippen LogP contribution in [-0.4, -0.2) is 71.9 Å². The minimum atomic E-state index is 0.146. The van der Waals surface area contributed by atoms with Crippen molar-refractivity contribution in [2.24, 2.45) is 0 Å². The number of nitrogens with two attached hydrogens (primary N) is 1. The van der Waals surface area contributed by atoms with E-state index in [4.69, 9.17) is 20.4 Å². The number of ether oxygens (including phenoxy) is 2. The summed E-state index contributed by atoms with van der Waals surface area (Å²) in [5.41, 5.74) is 12.4. The fraction of sp³-hybridized carbons (Fsp3) is 0.485. The van der Waals surface area contributed by atoms with E-state index in [1.165, 1.54) is 52.3 Å². The van der Waals surface area contributed by atoms with E-state index in [0.717, 1.165) is 42.4 Å². The summed E-state index contributed by atoms with van der Waals surface area (Å²) in [6, 6.07) is 8.67. The number of nitrogens with zero attached hydrogens (tertiary/aromatic N) is 3. The number of anilines is 1. The molecule has 5 N–H and O–H groups in total. The number of rotatable bonds is 10. The van der Waals surface area contributed by atoms with Gasteiger partial charge < -0.3 is 35.2 Å². The number of nitrogens with one attached hydrogen (secondary N) is 1. The molecule has 10 nitrogen and oxygen atoms in total. The molecule has 1 aliphatic rings. The molecule has 1 saturated heterocycles. The number of fused-ring (bicyclic) bond motifs is 1. The second-order valence-corrected chi connectivity index (χ2v) is 10.3. The average molecular weight is 598 g/mol. The summed E-state index contributed by atoms with van der Waals surface area (Å²) >= 11 is 0. The average Bonchev–Trinajstić information content (AvgIpc) is 3.49. The number of carbonyl (C=O) groups excluding carboxylic acids is 1. The molecule has 0 bridgehead atoms. The number of carbonyl (C=O) groups is 1. The molecule has 238 valence electrons. The number of hydroxylamine groups is 1. The first-order valence-electron chi connectivity index (χ1n) is 14.8. The Morgan fingerprint density at radius 2 is 1.84 bits per heavy atom. The first-order valence-corrected chi connectivity index (χ1v) is 14.8. The Morgan fingerprint density at radius 3 is 2.44 bits per heavy atom. The van der Waals surface area contributed by atoms with Gasteiger partial charge in [0.05, 0.1) is 16.6 Å². The number of methoxy groups -OCH3 is 1. The summed E-state index contributed by atoms with van der Waals surface area (Å²) in [6.07, 6.45) is 11.2. The van der Waals surface area contributed by atoms with Gasteiger partial charge in [-0.15, -0.1) is 0 Å². The van der Waals surface area contributed by atoms with Gasteiger partial charge in [-0.3, -0.25) is 0 Å². The normalized spacial score (nSPS) is 12.2. The zero-order valence-corrected chi connectivity index (χ0v) is 26.7. The molecule has 0 unspecified atom stereocenters. The molecule has 2 aromatic carbocycles. The first kappa shape index (κ1) is 37.5. The van der Waals surface area contributed by atoms with Gasteiger partial charge in [-0.2, -0.15) is 0 Å². The summed E-state index contributed by atoms with van der Waals surface area (Å²) < 4.78 is 10.7. The summed E-state index contributed by atoms with van der Waals surface area (Å²) in [4.78, 5) is 20.6. The van der Waals surface area contributed by atoms with Gasteiger partial charge in [0.2, 0.25) is 5.88 Å². The number of phenols is 1. The molecule has 0 aliphatic carbocycles. The van der Waals surface area contributed by atoms with Gasteiger partial charge in [0.15, 0.2) is 5.75 Å². The highest BCUT2D eigenvalue weighted by Crippen LogP contribution is 2.35. The second-order valence-electron chi connectivity index (χ2n) is 10.3. The lowest BCUT2D eigenvalue weighted by Crippen LogP contribution is -2.19. The fourth-order valence-corrected chi connectivity index (χ4v) is 4.30. The zero-order valence-electron chi connectivity index (χ0n) is 26.7. The molecular weight excluding hydrogens is 546 g/mol. The topological polar surface area (TPSA) is 143 Å². The number of aldehydes is 1. The van der Waals surface area contributed by atoms with E-state index < -0.39 is 0 Å². The third kappa shape index (κ3) is 14.4. The third-order valence-electron chi connectivity index (χ3n) is 6.35. The predicted octanol–water partition coefficient (Wildman–Crippen LogP) is 6.53. The van der Waals surface area contributed by atoms with Crippen LogP contribution in [0.25, 0.3) is 17.0 Å². The fourth-order valence-electron chi connectivity index (χ4n) is 4.30. The van der Waals surface area contributed by atoms with Crippen molar-refractivity contribution in [3.05, 3.63) is 53.4 Å². The number of likely N-dealkylation sites (tertiary alicyclic amines) is 1. The van der Waals surface area contributed by atoms with Crippen LogP contribution >= 0.6 is 0 Å². The molecule has 0 radical (unpaired) electrons. The lowest BCUT2D eigenvalue weighted by Gasteiger charge is -2.13. The maximum atomic E-state index is 9.73. The van der Waals surface area contributed by atoms with Crippen LogP contribution in [0.15, 0.2) is 42.2 Å². The summed E-state index contributed by atoms with van der Waals surface area (Å²) in [5, 5.41) is 17.6. The SMILES string of the molecule is CC(C)=Cc1c(C)ccc(Oc2ncnc3cc(O)ccc23)c1N.CCCN1CCCC1.CNO.COCCCCC=O. The summed E-state index contributed by atoms with van der Waals surface area (Å²) in [6.45, 7) is 13.1. The molecule has 1 aliphatic heterocycles. The summed E-state index contributed by atoms with van der Waals surface area (Å²) in [5.74, 6) is 1.09. The highest BCUT2D eigenvalue weighted by molar-refractivity contribution is 5.85. The predicted molar refractivity (Wildman–Crippen MR) is 175 cm³/mol. The Balaban J connectivity index is 0.000000397. The van der Waals surface area contributed by atoms with E-state index >= 15 is 0 Å². The lowest BCUT2D eigenvalue weighted by molar-refractivity contribution is -0.108. The standard InChI is InChI=1S/C19H19N3O2.C7H15N.C6H12O2.CH5NO/c1-11(2)8-15-12(3)4-7-17(18(15)20)24-19-14-6-5-13(23)9-16(14)21-10-22-19;1-2-5-8-6-3-4-7-8;1-8-6-4-2-3-5-7;1-2-3/h4-10,23H,20H2,1-3H3;2-7H2,1H3;5H,2-4,6H2,1H3;2-3H,1H3. The van der Waals surface area contributed by atoms with Gasteiger partial charge >= 0.3 is 0 Å².